The summed E-state index contributed by atoms with van der Waals surface area (Å²) in [7, 11) is 2.13. The van der Waals surface area contributed by atoms with E-state index in [0.717, 1.165) is 6.54 Å². The molecule has 0 amide bonds. The molecule has 0 aromatic rings. The van der Waals surface area contributed by atoms with E-state index in [0.29, 0.717) is 17.8 Å². The van der Waals surface area contributed by atoms with Gasteiger partial charge in [0, 0.05) is 6.04 Å². The molecule has 2 aliphatic heterocycles. The fraction of sp³-hybridized carbons (Fsp3) is 0.600. The summed E-state index contributed by atoms with van der Waals surface area (Å²) in [5.41, 5.74) is 2.89. The Morgan fingerprint density at radius 2 is 2.53 bits per heavy atom. The van der Waals surface area contributed by atoms with E-state index in [9.17, 15) is 0 Å². The summed E-state index contributed by atoms with van der Waals surface area (Å²) in [6, 6.07) is 0.518. The predicted molar refractivity (Wildman–Crippen MR) is 59.7 cm³/mol. The van der Waals surface area contributed by atoms with Crippen LogP contribution >= 0.6 is 11.6 Å². The van der Waals surface area contributed by atoms with Crippen molar-refractivity contribution in [1.29, 1.82) is 0 Å². The Bertz CT molecular complexity index is 280. The molecule has 1 N–H and O–H groups in total. The van der Waals surface area contributed by atoms with Crippen LogP contribution in [0.5, 0.6) is 0 Å². The van der Waals surface area contributed by atoms with Crippen molar-refractivity contribution in [3.05, 3.63) is 23.5 Å². The van der Waals surface area contributed by atoms with Gasteiger partial charge in [0.1, 0.15) is 5.16 Å². The van der Waals surface area contributed by atoms with E-state index in [4.69, 9.17) is 16.4 Å². The molecule has 0 spiro atoms. The Morgan fingerprint density at radius 3 is 3.20 bits per heavy atom. The van der Waals surface area contributed by atoms with E-state index in [1.807, 2.05) is 6.08 Å². The number of halogens is 1. The molecule has 1 saturated heterocycles. The molecule has 0 saturated carbocycles. The van der Waals surface area contributed by atoms with Gasteiger partial charge in [-0.2, -0.15) is 5.17 Å². The number of likely N-dealkylation sites (tertiary alicyclic amines) is 1. The van der Waals surface area contributed by atoms with Crippen LogP contribution in [-0.2, 0) is 4.84 Å². The van der Waals surface area contributed by atoms with E-state index in [1.54, 1.807) is 17.4 Å². The lowest BCUT2D eigenvalue weighted by Crippen LogP contribution is -2.38. The van der Waals surface area contributed by atoms with Crippen LogP contribution in [0.25, 0.3) is 0 Å². The van der Waals surface area contributed by atoms with Crippen LogP contribution in [0.3, 0.4) is 0 Å². The summed E-state index contributed by atoms with van der Waals surface area (Å²) in [6.07, 6.45) is 7.90. The number of nitrogens with zero attached hydrogens (tertiary/aromatic N) is 2. The second-order valence-corrected chi connectivity index (χ2v) is 4.27. The maximum Gasteiger partial charge on any atom is 0.122 e. The van der Waals surface area contributed by atoms with Crippen molar-refractivity contribution in [2.24, 2.45) is 0 Å². The highest BCUT2D eigenvalue weighted by Crippen LogP contribution is 2.15. The molecule has 2 rings (SSSR count). The number of hydroxylamine groups is 1. The van der Waals surface area contributed by atoms with Crippen molar-refractivity contribution in [1.82, 2.24) is 15.5 Å². The van der Waals surface area contributed by atoms with Gasteiger partial charge in [-0.05, 0) is 38.6 Å². The molecule has 0 bridgehead atoms. The molecule has 5 heteroatoms. The average molecular weight is 230 g/mol. The maximum absolute atomic E-state index is 5.80. The molecule has 0 aromatic heterocycles. The van der Waals surface area contributed by atoms with Crippen LogP contribution in [0, 0.1) is 0 Å². The molecule has 2 aliphatic rings. The molecule has 1 atom stereocenters. The normalized spacial score (nSPS) is 26.7. The van der Waals surface area contributed by atoms with Gasteiger partial charge < -0.3 is 4.90 Å². The Hall–Kier alpha value is -0.710. The van der Waals surface area contributed by atoms with Crippen molar-refractivity contribution in [2.75, 3.05) is 20.2 Å². The lowest BCUT2D eigenvalue weighted by molar-refractivity contribution is -0.160. The van der Waals surface area contributed by atoms with Gasteiger partial charge in [-0.3, -0.25) is 10.3 Å². The fourth-order valence-electron chi connectivity index (χ4n) is 1.82. The molecule has 84 valence electrons. The number of allylic oxidation sites excluding steroid dienone is 2. The molecular formula is C10H16ClN3O. The molecule has 4 nitrogen and oxygen atoms in total. The van der Waals surface area contributed by atoms with Gasteiger partial charge in [-0.15, -0.1) is 0 Å². The van der Waals surface area contributed by atoms with Gasteiger partial charge in [0.15, 0.2) is 0 Å². The number of nitrogens with one attached hydrogen (secondary N) is 1. The number of hydrogen-bond acceptors (Lipinski definition) is 4. The maximum atomic E-state index is 5.80. The highest BCUT2D eigenvalue weighted by Gasteiger charge is 2.21. The monoisotopic (exact) mass is 229 g/mol. The molecule has 0 radical (unpaired) electrons. The number of likely N-dealkylation sites (N-methyl/N-ethyl adjacent to an activating group) is 1. The summed E-state index contributed by atoms with van der Waals surface area (Å²) in [5, 5.41) is 2.12. The van der Waals surface area contributed by atoms with Crippen molar-refractivity contribution in [3.8, 4) is 0 Å². The SMILES string of the molecule is CN1CCC[C@H]1CON1C=CC=C(Cl)N1. The minimum Gasteiger partial charge on any atom is -0.301 e. The van der Waals surface area contributed by atoms with Crippen LogP contribution in [0.1, 0.15) is 12.8 Å². The summed E-state index contributed by atoms with van der Waals surface area (Å²) < 4.78 is 0. The van der Waals surface area contributed by atoms with Crippen molar-refractivity contribution in [2.45, 2.75) is 18.9 Å². The lowest BCUT2D eigenvalue weighted by Gasteiger charge is -2.26. The molecule has 0 unspecified atom stereocenters. The van der Waals surface area contributed by atoms with E-state index in [1.165, 1.54) is 12.8 Å². The summed E-state index contributed by atoms with van der Waals surface area (Å²) >= 11 is 5.80. The summed E-state index contributed by atoms with van der Waals surface area (Å²) in [6.45, 7) is 1.86. The van der Waals surface area contributed by atoms with Crippen molar-refractivity contribution in [3.63, 3.8) is 0 Å². The predicted octanol–water partition coefficient (Wildman–Crippen LogP) is 1.43. The number of rotatable bonds is 3. The first kappa shape index (κ1) is 10.8. The first-order valence-electron chi connectivity index (χ1n) is 5.19. The fourth-order valence-corrected chi connectivity index (χ4v) is 1.97. The first-order chi connectivity index (χ1) is 7.25. The second kappa shape index (κ2) is 4.88. The number of hydrazine groups is 1. The zero-order valence-electron chi connectivity index (χ0n) is 8.82. The Balaban J connectivity index is 1.74. The third kappa shape index (κ3) is 2.87. The molecular weight excluding hydrogens is 214 g/mol. The highest BCUT2D eigenvalue weighted by atomic mass is 35.5. The van der Waals surface area contributed by atoms with Crippen LogP contribution in [0.2, 0.25) is 0 Å². The molecule has 1 fully saturated rings. The third-order valence-electron chi connectivity index (χ3n) is 2.76. The minimum absolute atomic E-state index is 0.518. The van der Waals surface area contributed by atoms with Crippen molar-refractivity contribution < 1.29 is 4.84 Å². The topological polar surface area (TPSA) is 27.7 Å². The quantitative estimate of drug-likeness (QED) is 0.741. The highest BCUT2D eigenvalue weighted by molar-refractivity contribution is 6.29. The lowest BCUT2D eigenvalue weighted by atomic mass is 10.2. The molecule has 15 heavy (non-hydrogen) atoms. The second-order valence-electron chi connectivity index (χ2n) is 3.87. The van der Waals surface area contributed by atoms with Gasteiger partial charge in [-0.1, -0.05) is 11.6 Å². The largest absolute Gasteiger partial charge is 0.301 e. The van der Waals surface area contributed by atoms with E-state index in [2.05, 4.69) is 17.4 Å². The summed E-state index contributed by atoms with van der Waals surface area (Å²) in [5.74, 6) is 0. The Kier molecular flexibility index (Phi) is 3.51. The van der Waals surface area contributed by atoms with Crippen LogP contribution in [0.4, 0.5) is 0 Å². The van der Waals surface area contributed by atoms with Gasteiger partial charge in [0.05, 0.1) is 12.8 Å². The van der Waals surface area contributed by atoms with Gasteiger partial charge in [0.25, 0.3) is 0 Å². The van der Waals surface area contributed by atoms with E-state index >= 15 is 0 Å². The van der Waals surface area contributed by atoms with Gasteiger partial charge in [0.2, 0.25) is 0 Å². The van der Waals surface area contributed by atoms with Crippen LogP contribution < -0.4 is 5.43 Å². The zero-order valence-corrected chi connectivity index (χ0v) is 9.57. The smallest absolute Gasteiger partial charge is 0.122 e. The minimum atomic E-state index is 0.518. The van der Waals surface area contributed by atoms with E-state index < -0.39 is 0 Å². The standard InChI is InChI=1S/C10H16ClN3O/c1-13-6-2-4-9(13)8-15-14-7-3-5-10(11)12-14/h3,5,7,9,12H,2,4,6,8H2,1H3/t9-/m0/s1. The average Bonchev–Trinajstić information content (AvgIpc) is 2.61. The molecule has 2 heterocycles. The number of hydrogen-bond donors (Lipinski definition) is 1. The Morgan fingerprint density at radius 1 is 1.67 bits per heavy atom. The Labute approximate surface area is 95.0 Å². The molecule has 0 aliphatic carbocycles. The third-order valence-corrected chi connectivity index (χ3v) is 2.97. The van der Waals surface area contributed by atoms with Gasteiger partial charge >= 0.3 is 0 Å². The van der Waals surface area contributed by atoms with Gasteiger partial charge in [-0.25, -0.2) is 0 Å². The molecule has 0 aromatic carbocycles. The van der Waals surface area contributed by atoms with E-state index in [-0.39, 0.29) is 0 Å². The zero-order chi connectivity index (χ0) is 10.7. The first-order valence-corrected chi connectivity index (χ1v) is 5.56. The van der Waals surface area contributed by atoms with Crippen LogP contribution in [0.15, 0.2) is 23.5 Å². The van der Waals surface area contributed by atoms with Crippen molar-refractivity contribution >= 4 is 11.6 Å². The summed E-state index contributed by atoms with van der Waals surface area (Å²) in [4.78, 5) is 7.90. The van der Waals surface area contributed by atoms with Crippen LogP contribution in [-0.4, -0.2) is 36.3 Å².